The molecule has 6 aromatic carbocycles. The van der Waals surface area contributed by atoms with E-state index in [4.69, 9.17) is 0 Å². The molecule has 0 aliphatic heterocycles. The fourth-order valence-electron chi connectivity index (χ4n) is 7.08. The van der Waals surface area contributed by atoms with Gasteiger partial charge < -0.3 is 9.13 Å². The lowest BCUT2D eigenvalue weighted by molar-refractivity contribution is 1.02. The van der Waals surface area contributed by atoms with Crippen LogP contribution in [0.5, 0.6) is 0 Å². The van der Waals surface area contributed by atoms with Gasteiger partial charge in [-0.15, -0.1) is 0 Å². The Balaban J connectivity index is 1.17. The van der Waals surface area contributed by atoms with Gasteiger partial charge in [0.15, 0.2) is 0 Å². The van der Waals surface area contributed by atoms with Crippen LogP contribution in [0, 0.1) is 0 Å². The number of allylic oxidation sites excluding steroid dienone is 4. The topological polar surface area (TPSA) is 9.86 Å². The Kier molecular flexibility index (Phi) is 5.67. The Morgan fingerprint density at radius 1 is 0.386 bits per heavy atom. The average Bonchev–Trinajstić information content (AvgIpc) is 3.61. The zero-order valence-corrected chi connectivity index (χ0v) is 24.3. The second-order valence-corrected chi connectivity index (χ2v) is 11.7. The van der Waals surface area contributed by atoms with Crippen molar-refractivity contribution in [3.05, 3.63) is 158 Å². The molecule has 9 rings (SSSR count). The number of hydrogen-bond donors (Lipinski definition) is 0. The van der Waals surface area contributed by atoms with Gasteiger partial charge in [0.1, 0.15) is 0 Å². The molecular weight excluding hydrogens is 532 g/mol. The van der Waals surface area contributed by atoms with Crippen LogP contribution >= 0.6 is 0 Å². The molecule has 2 heteroatoms. The Morgan fingerprint density at radius 3 is 1.57 bits per heavy atom. The van der Waals surface area contributed by atoms with Crippen molar-refractivity contribution in [2.75, 3.05) is 0 Å². The SMILES string of the molecule is C1=CC(n2c3ccccc3c3cc(-c4cccc(-c5ccc6c(c5)c5ccccc5n6-c5ccccc5)c4)ccc32)=CCC1. The van der Waals surface area contributed by atoms with Crippen molar-refractivity contribution in [2.24, 2.45) is 0 Å². The molecule has 8 aromatic rings. The summed E-state index contributed by atoms with van der Waals surface area (Å²) >= 11 is 0. The summed E-state index contributed by atoms with van der Waals surface area (Å²) in [5.41, 5.74) is 12.3. The predicted molar refractivity (Wildman–Crippen MR) is 187 cm³/mol. The zero-order chi connectivity index (χ0) is 29.0. The number of hydrogen-bond acceptors (Lipinski definition) is 0. The van der Waals surface area contributed by atoms with Gasteiger partial charge in [-0.3, -0.25) is 0 Å². The van der Waals surface area contributed by atoms with Crippen LogP contribution < -0.4 is 0 Å². The summed E-state index contributed by atoms with van der Waals surface area (Å²) < 4.78 is 4.79. The molecule has 1 aliphatic carbocycles. The van der Waals surface area contributed by atoms with Gasteiger partial charge in [0.2, 0.25) is 0 Å². The Hall–Kier alpha value is -5.60. The first-order valence-corrected chi connectivity index (χ1v) is 15.4. The van der Waals surface area contributed by atoms with E-state index in [9.17, 15) is 0 Å². The molecule has 0 atom stereocenters. The lowest BCUT2D eigenvalue weighted by atomic mass is 9.97. The normalized spacial score (nSPS) is 13.3. The van der Waals surface area contributed by atoms with Gasteiger partial charge in [0, 0.05) is 32.9 Å². The summed E-state index contributed by atoms with van der Waals surface area (Å²) in [5, 5.41) is 5.13. The van der Waals surface area contributed by atoms with Gasteiger partial charge in [-0.25, -0.2) is 0 Å². The number of nitrogens with zero attached hydrogens (tertiary/aromatic N) is 2. The van der Waals surface area contributed by atoms with E-state index in [0.717, 1.165) is 12.8 Å². The second kappa shape index (κ2) is 10.00. The lowest BCUT2D eigenvalue weighted by Gasteiger charge is -2.12. The molecule has 0 saturated heterocycles. The molecule has 1 aliphatic rings. The first-order valence-electron chi connectivity index (χ1n) is 15.4. The first-order chi connectivity index (χ1) is 21.8. The van der Waals surface area contributed by atoms with Gasteiger partial charge in [-0.05, 0) is 95.8 Å². The number of rotatable bonds is 4. The molecule has 0 amide bonds. The van der Waals surface area contributed by atoms with Crippen LogP contribution in [-0.4, -0.2) is 9.13 Å². The van der Waals surface area contributed by atoms with E-state index in [1.54, 1.807) is 0 Å². The van der Waals surface area contributed by atoms with E-state index in [2.05, 4.69) is 167 Å². The van der Waals surface area contributed by atoms with Crippen molar-refractivity contribution in [2.45, 2.75) is 12.8 Å². The first kappa shape index (κ1) is 24.9. The number of aromatic nitrogens is 2. The lowest BCUT2D eigenvalue weighted by Crippen LogP contribution is -1.96. The smallest absolute Gasteiger partial charge is 0.0541 e. The van der Waals surface area contributed by atoms with Gasteiger partial charge in [-0.1, -0.05) is 97.1 Å². The molecule has 0 spiro atoms. The standard InChI is InChI=1S/C42H30N2/c1-3-14-33(15-4-1)43-39-20-9-7-18-35(39)37-27-31(22-24-41(37)43)29-12-11-13-30(26-29)32-23-25-42-38(28-32)36-19-8-10-21-40(36)44(42)34-16-5-2-6-17-34/h1,3-5,7-28H,2,6H2. The molecule has 2 nitrogen and oxygen atoms in total. The van der Waals surface area contributed by atoms with E-state index in [-0.39, 0.29) is 0 Å². The van der Waals surface area contributed by atoms with Crippen molar-refractivity contribution < 1.29 is 0 Å². The van der Waals surface area contributed by atoms with Crippen LogP contribution in [-0.2, 0) is 0 Å². The van der Waals surface area contributed by atoms with Crippen LogP contribution in [0.1, 0.15) is 12.8 Å². The quantitative estimate of drug-likeness (QED) is 0.202. The molecule has 0 bridgehead atoms. The highest BCUT2D eigenvalue weighted by Gasteiger charge is 2.16. The fraction of sp³-hybridized carbons (Fsp3) is 0.0476. The van der Waals surface area contributed by atoms with E-state index in [1.165, 1.54) is 77.2 Å². The Labute approximate surface area is 256 Å². The molecule has 0 fully saturated rings. The number of para-hydroxylation sites is 3. The zero-order valence-electron chi connectivity index (χ0n) is 24.3. The molecular formula is C42H30N2. The maximum atomic E-state index is 2.42. The van der Waals surface area contributed by atoms with Crippen molar-refractivity contribution >= 4 is 49.3 Å². The summed E-state index contributed by atoms with van der Waals surface area (Å²) in [7, 11) is 0. The maximum Gasteiger partial charge on any atom is 0.0541 e. The van der Waals surface area contributed by atoms with Crippen LogP contribution in [0.15, 0.2) is 158 Å². The number of benzene rings is 6. The third-order valence-electron chi connectivity index (χ3n) is 9.12. The summed E-state index contributed by atoms with van der Waals surface area (Å²) in [5.74, 6) is 0. The molecule has 0 N–H and O–H groups in total. The Morgan fingerprint density at radius 2 is 0.932 bits per heavy atom. The third-order valence-corrected chi connectivity index (χ3v) is 9.12. The maximum absolute atomic E-state index is 2.42. The summed E-state index contributed by atoms with van der Waals surface area (Å²) in [4.78, 5) is 0. The highest BCUT2D eigenvalue weighted by Crippen LogP contribution is 2.38. The van der Waals surface area contributed by atoms with Gasteiger partial charge in [-0.2, -0.15) is 0 Å². The van der Waals surface area contributed by atoms with Crippen molar-refractivity contribution in [1.82, 2.24) is 9.13 Å². The highest BCUT2D eigenvalue weighted by molar-refractivity contribution is 6.12. The van der Waals surface area contributed by atoms with Crippen LogP contribution in [0.4, 0.5) is 0 Å². The molecule has 2 heterocycles. The minimum atomic E-state index is 1.09. The largest absolute Gasteiger partial charge is 0.310 e. The van der Waals surface area contributed by atoms with E-state index in [0.29, 0.717) is 0 Å². The predicted octanol–water partition coefficient (Wildman–Crippen LogP) is 11.4. The average molecular weight is 563 g/mol. The fourth-order valence-corrected chi connectivity index (χ4v) is 7.08. The van der Waals surface area contributed by atoms with Crippen LogP contribution in [0.3, 0.4) is 0 Å². The number of fused-ring (bicyclic) bond motifs is 6. The summed E-state index contributed by atoms with van der Waals surface area (Å²) in [6, 6.07) is 51.0. The molecule has 2 aromatic heterocycles. The highest BCUT2D eigenvalue weighted by atomic mass is 15.0. The third kappa shape index (κ3) is 3.88. The second-order valence-electron chi connectivity index (χ2n) is 11.7. The Bertz CT molecular complexity index is 2430. The van der Waals surface area contributed by atoms with Crippen LogP contribution in [0.2, 0.25) is 0 Å². The molecule has 0 radical (unpaired) electrons. The molecule has 0 saturated carbocycles. The van der Waals surface area contributed by atoms with Gasteiger partial charge in [0.25, 0.3) is 0 Å². The molecule has 0 unspecified atom stereocenters. The van der Waals surface area contributed by atoms with Gasteiger partial charge in [0.05, 0.1) is 22.1 Å². The summed E-state index contributed by atoms with van der Waals surface area (Å²) in [6.45, 7) is 0. The van der Waals surface area contributed by atoms with Crippen molar-refractivity contribution in [3.8, 4) is 27.9 Å². The van der Waals surface area contributed by atoms with E-state index < -0.39 is 0 Å². The minimum Gasteiger partial charge on any atom is -0.310 e. The summed E-state index contributed by atoms with van der Waals surface area (Å²) in [6.07, 6.45) is 9.11. The van der Waals surface area contributed by atoms with Crippen LogP contribution in [0.25, 0.3) is 77.2 Å². The van der Waals surface area contributed by atoms with E-state index in [1.807, 2.05) is 0 Å². The van der Waals surface area contributed by atoms with Crippen molar-refractivity contribution in [3.63, 3.8) is 0 Å². The van der Waals surface area contributed by atoms with Gasteiger partial charge >= 0.3 is 0 Å². The monoisotopic (exact) mass is 562 g/mol. The molecule has 208 valence electrons. The minimum absolute atomic E-state index is 1.09. The molecule has 44 heavy (non-hydrogen) atoms. The van der Waals surface area contributed by atoms with Crippen molar-refractivity contribution in [1.29, 1.82) is 0 Å². The van der Waals surface area contributed by atoms with E-state index >= 15 is 0 Å².